The number of carbonyl (C=O) groups is 1. The highest BCUT2D eigenvalue weighted by molar-refractivity contribution is 6.17. The van der Waals surface area contributed by atoms with E-state index in [9.17, 15) is 18.0 Å². The maximum absolute atomic E-state index is 13.3. The summed E-state index contributed by atoms with van der Waals surface area (Å²) in [6.07, 6.45) is -1.85. The first-order valence-electron chi connectivity index (χ1n) is 10.3. The lowest BCUT2D eigenvalue weighted by molar-refractivity contribution is -0.138. The first-order valence-corrected chi connectivity index (χ1v) is 10.3. The van der Waals surface area contributed by atoms with E-state index in [1.807, 2.05) is 43.5 Å². The molecule has 0 saturated heterocycles. The molecule has 1 amide bonds. The van der Waals surface area contributed by atoms with E-state index in [0.717, 1.165) is 40.4 Å². The van der Waals surface area contributed by atoms with Crippen LogP contribution in [0.3, 0.4) is 0 Å². The standard InChI is InChI=1S/C25H22F3N3O/c1-4-16-13-29-15(3)9-19(16)17-6-5-7-18(10-17)21-12-24(32)31-23-11-20(25(26,27)28)14(2)8-22(23)30-21/h5-11,13H,4,12H2,1-3H3,(H,31,32). The number of halogens is 3. The van der Waals surface area contributed by atoms with Crippen LogP contribution in [0.4, 0.5) is 24.5 Å². The number of carbonyl (C=O) groups excluding carboxylic acids is 1. The van der Waals surface area contributed by atoms with Gasteiger partial charge in [-0.25, -0.2) is 0 Å². The molecule has 0 unspecified atom stereocenters. The van der Waals surface area contributed by atoms with E-state index in [0.29, 0.717) is 11.4 Å². The number of aromatic nitrogens is 1. The monoisotopic (exact) mass is 437 g/mol. The summed E-state index contributed by atoms with van der Waals surface area (Å²) in [6.45, 7) is 5.39. The molecule has 1 aliphatic heterocycles. The molecule has 0 aliphatic carbocycles. The molecule has 0 bridgehead atoms. The van der Waals surface area contributed by atoms with Crippen molar-refractivity contribution in [2.24, 2.45) is 4.99 Å². The number of rotatable bonds is 3. The van der Waals surface area contributed by atoms with Crippen LogP contribution in [0.2, 0.25) is 0 Å². The van der Waals surface area contributed by atoms with Crippen molar-refractivity contribution in [1.82, 2.24) is 4.98 Å². The number of nitrogens with one attached hydrogen (secondary N) is 1. The fourth-order valence-electron chi connectivity index (χ4n) is 3.89. The largest absolute Gasteiger partial charge is 0.416 e. The van der Waals surface area contributed by atoms with Crippen LogP contribution in [-0.2, 0) is 17.4 Å². The predicted molar refractivity (Wildman–Crippen MR) is 119 cm³/mol. The number of hydrogen-bond donors (Lipinski definition) is 1. The van der Waals surface area contributed by atoms with Crippen LogP contribution in [0.1, 0.15) is 41.3 Å². The van der Waals surface area contributed by atoms with Gasteiger partial charge in [0.25, 0.3) is 0 Å². The molecule has 4 rings (SSSR count). The molecule has 164 valence electrons. The molecule has 1 aliphatic rings. The highest BCUT2D eigenvalue weighted by Gasteiger charge is 2.34. The molecule has 2 heterocycles. The van der Waals surface area contributed by atoms with Crippen LogP contribution in [0, 0.1) is 13.8 Å². The molecule has 0 spiro atoms. The molecule has 4 nitrogen and oxygen atoms in total. The summed E-state index contributed by atoms with van der Waals surface area (Å²) in [6, 6.07) is 12.1. The van der Waals surface area contributed by atoms with Crippen molar-refractivity contribution in [3.8, 4) is 11.1 Å². The molecule has 3 aromatic rings. The van der Waals surface area contributed by atoms with Gasteiger partial charge in [0.05, 0.1) is 29.1 Å². The molecular weight excluding hydrogens is 415 g/mol. The van der Waals surface area contributed by atoms with Gasteiger partial charge >= 0.3 is 6.18 Å². The molecule has 0 fully saturated rings. The second kappa shape index (κ2) is 8.22. The zero-order chi connectivity index (χ0) is 23.0. The number of fused-ring (bicyclic) bond motifs is 1. The highest BCUT2D eigenvalue weighted by atomic mass is 19.4. The van der Waals surface area contributed by atoms with Gasteiger partial charge in [-0.3, -0.25) is 14.8 Å². The van der Waals surface area contributed by atoms with E-state index >= 15 is 0 Å². The minimum Gasteiger partial charge on any atom is -0.324 e. The topological polar surface area (TPSA) is 54.4 Å². The van der Waals surface area contributed by atoms with Crippen LogP contribution < -0.4 is 5.32 Å². The zero-order valence-corrected chi connectivity index (χ0v) is 18.0. The third-order valence-electron chi connectivity index (χ3n) is 5.52. The molecule has 0 radical (unpaired) electrons. The Morgan fingerprint density at radius 2 is 1.81 bits per heavy atom. The number of hydrogen-bond acceptors (Lipinski definition) is 3. The van der Waals surface area contributed by atoms with Gasteiger partial charge in [-0.2, -0.15) is 13.2 Å². The summed E-state index contributed by atoms with van der Waals surface area (Å²) >= 11 is 0. The molecular formula is C25H22F3N3O. The van der Waals surface area contributed by atoms with E-state index in [-0.39, 0.29) is 17.7 Å². The Bertz CT molecular complexity index is 1250. The third kappa shape index (κ3) is 4.28. The second-order valence-corrected chi connectivity index (χ2v) is 7.88. The fourth-order valence-corrected chi connectivity index (χ4v) is 3.89. The van der Waals surface area contributed by atoms with Crippen molar-refractivity contribution < 1.29 is 18.0 Å². The lowest BCUT2D eigenvalue weighted by atomic mass is 9.96. The number of pyridine rings is 1. The molecule has 7 heteroatoms. The summed E-state index contributed by atoms with van der Waals surface area (Å²) in [5.41, 5.74) is 4.96. The smallest absolute Gasteiger partial charge is 0.324 e. The molecule has 0 atom stereocenters. The minimum atomic E-state index is -4.50. The van der Waals surface area contributed by atoms with E-state index in [1.54, 1.807) is 0 Å². The van der Waals surface area contributed by atoms with Gasteiger partial charge in [0, 0.05) is 11.9 Å². The van der Waals surface area contributed by atoms with Crippen molar-refractivity contribution in [1.29, 1.82) is 0 Å². The normalized spacial score (nSPS) is 13.8. The number of aliphatic imine (C=N–C) groups is 1. The SMILES string of the molecule is CCc1cnc(C)cc1-c1cccc(C2=Nc3cc(C)c(C(F)(F)F)cc3NC(=O)C2)c1. The predicted octanol–water partition coefficient (Wildman–Crippen LogP) is 6.41. The van der Waals surface area contributed by atoms with Crippen molar-refractivity contribution in [3.05, 3.63) is 76.6 Å². The molecule has 1 aromatic heterocycles. The lowest BCUT2D eigenvalue weighted by Gasteiger charge is -2.13. The van der Waals surface area contributed by atoms with Crippen LogP contribution in [-0.4, -0.2) is 16.6 Å². The van der Waals surface area contributed by atoms with E-state index < -0.39 is 17.6 Å². The summed E-state index contributed by atoms with van der Waals surface area (Å²) in [4.78, 5) is 21.5. The number of nitrogens with zero attached hydrogens (tertiary/aromatic N) is 2. The van der Waals surface area contributed by atoms with Crippen LogP contribution in [0.25, 0.3) is 11.1 Å². The summed E-state index contributed by atoms with van der Waals surface area (Å²) in [5.74, 6) is -0.404. The maximum Gasteiger partial charge on any atom is 0.416 e. The van der Waals surface area contributed by atoms with Crippen molar-refractivity contribution in [3.63, 3.8) is 0 Å². The van der Waals surface area contributed by atoms with Gasteiger partial charge in [0.1, 0.15) is 0 Å². The van der Waals surface area contributed by atoms with Crippen molar-refractivity contribution >= 4 is 23.0 Å². The maximum atomic E-state index is 13.3. The van der Waals surface area contributed by atoms with Crippen LogP contribution in [0.15, 0.2) is 53.7 Å². The highest BCUT2D eigenvalue weighted by Crippen LogP contribution is 2.39. The Balaban J connectivity index is 1.81. The molecule has 2 aromatic carbocycles. The van der Waals surface area contributed by atoms with Crippen molar-refractivity contribution in [2.45, 2.75) is 39.8 Å². The van der Waals surface area contributed by atoms with E-state index in [1.165, 1.54) is 13.0 Å². The molecule has 0 saturated carbocycles. The van der Waals surface area contributed by atoms with Crippen LogP contribution in [0.5, 0.6) is 0 Å². The Hall–Kier alpha value is -3.48. The zero-order valence-electron chi connectivity index (χ0n) is 18.0. The summed E-state index contributed by atoms with van der Waals surface area (Å²) in [7, 11) is 0. The van der Waals surface area contributed by atoms with Gasteiger partial charge in [-0.1, -0.05) is 25.1 Å². The van der Waals surface area contributed by atoms with Crippen LogP contribution >= 0.6 is 0 Å². The van der Waals surface area contributed by atoms with Crippen molar-refractivity contribution in [2.75, 3.05) is 5.32 Å². The number of amides is 1. The van der Waals surface area contributed by atoms with E-state index in [2.05, 4.69) is 22.2 Å². The number of benzene rings is 2. The molecule has 1 N–H and O–H groups in total. The first-order chi connectivity index (χ1) is 15.2. The minimum absolute atomic E-state index is 0.0332. The van der Waals surface area contributed by atoms with Gasteiger partial charge in [-0.15, -0.1) is 0 Å². The average molecular weight is 437 g/mol. The Morgan fingerprint density at radius 1 is 1.06 bits per heavy atom. The van der Waals surface area contributed by atoms with Gasteiger partial charge < -0.3 is 5.32 Å². The molecule has 32 heavy (non-hydrogen) atoms. The Morgan fingerprint density at radius 3 is 2.53 bits per heavy atom. The Labute approximate surface area is 184 Å². The van der Waals surface area contributed by atoms with Gasteiger partial charge in [0.15, 0.2) is 0 Å². The number of anilines is 1. The number of alkyl halides is 3. The number of aryl methyl sites for hydroxylation is 3. The average Bonchev–Trinajstić information content (AvgIpc) is 2.90. The quantitative estimate of drug-likeness (QED) is 0.515. The van der Waals surface area contributed by atoms with Gasteiger partial charge in [-0.05, 0) is 72.4 Å². The summed E-state index contributed by atoms with van der Waals surface area (Å²) < 4.78 is 39.9. The third-order valence-corrected chi connectivity index (χ3v) is 5.52. The Kier molecular flexibility index (Phi) is 5.59. The fraction of sp³-hybridized carbons (Fsp3) is 0.240. The summed E-state index contributed by atoms with van der Waals surface area (Å²) in [5, 5.41) is 2.57. The second-order valence-electron chi connectivity index (χ2n) is 7.88. The van der Waals surface area contributed by atoms with E-state index in [4.69, 9.17) is 0 Å². The lowest BCUT2D eigenvalue weighted by Crippen LogP contribution is -2.15. The first kappa shape index (κ1) is 21.7. The van der Waals surface area contributed by atoms with Gasteiger partial charge in [0.2, 0.25) is 5.91 Å².